The summed E-state index contributed by atoms with van der Waals surface area (Å²) < 4.78 is 0. The number of aliphatic carboxylic acids is 1. The quantitative estimate of drug-likeness (QED) is 0.837. The van der Waals surface area contributed by atoms with E-state index in [4.69, 9.17) is 0 Å². The van der Waals surface area contributed by atoms with Crippen LogP contribution < -0.4 is 5.32 Å². The van der Waals surface area contributed by atoms with Crippen LogP contribution in [0.5, 0.6) is 0 Å². The molecule has 2 N–H and O–H groups in total. The molecule has 0 atom stereocenters. The Hall–Kier alpha value is -2.10. The average Bonchev–Trinajstić information content (AvgIpc) is 2.47. The van der Waals surface area contributed by atoms with Crippen molar-refractivity contribution in [1.29, 1.82) is 0 Å². The number of carboxylic acids is 1. The Bertz CT molecular complexity index is 557. The lowest BCUT2D eigenvalue weighted by atomic mass is 9.81. The van der Waals surface area contributed by atoms with E-state index in [1.807, 2.05) is 31.2 Å². The molecule has 4 nitrogen and oxygen atoms in total. The number of hydrogen-bond donors (Lipinski definition) is 2. The minimum atomic E-state index is -1.09. The zero-order valence-corrected chi connectivity index (χ0v) is 12.3. The smallest absolute Gasteiger partial charge is 0.329 e. The van der Waals surface area contributed by atoms with Gasteiger partial charge in [0.05, 0.1) is 0 Å². The van der Waals surface area contributed by atoms with Crippen molar-refractivity contribution in [2.24, 2.45) is 0 Å². The van der Waals surface area contributed by atoms with Crippen molar-refractivity contribution in [1.82, 2.24) is 5.32 Å². The first-order chi connectivity index (χ1) is 10.0. The van der Waals surface area contributed by atoms with Gasteiger partial charge in [-0.25, -0.2) is 4.79 Å². The Morgan fingerprint density at radius 3 is 2.48 bits per heavy atom. The standard InChI is InChI=1S/C17H21NO3/c1-13-7-3-4-8-14(13)9-10-15(19)18-17(16(20)21)11-5-2-6-12-17/h3-4,7-10H,2,5-6,11-12H2,1H3,(H,18,19)(H,20,21). The third kappa shape index (κ3) is 3.72. The van der Waals surface area contributed by atoms with Crippen molar-refractivity contribution in [3.05, 3.63) is 41.5 Å². The number of carbonyl (C=O) groups excluding carboxylic acids is 1. The Balaban J connectivity index is 2.06. The van der Waals surface area contributed by atoms with E-state index in [0.717, 1.165) is 30.4 Å². The molecule has 4 heteroatoms. The van der Waals surface area contributed by atoms with Crippen molar-refractivity contribution >= 4 is 18.0 Å². The molecule has 1 amide bonds. The monoisotopic (exact) mass is 287 g/mol. The van der Waals surface area contributed by atoms with E-state index in [2.05, 4.69) is 5.32 Å². The second-order valence-corrected chi connectivity index (χ2v) is 5.63. The summed E-state index contributed by atoms with van der Waals surface area (Å²) in [4.78, 5) is 23.5. The van der Waals surface area contributed by atoms with Crippen LogP contribution in [0.1, 0.15) is 43.2 Å². The fourth-order valence-corrected chi connectivity index (χ4v) is 2.76. The molecular weight excluding hydrogens is 266 g/mol. The molecule has 0 unspecified atom stereocenters. The van der Waals surface area contributed by atoms with E-state index >= 15 is 0 Å². The molecular formula is C17H21NO3. The van der Waals surface area contributed by atoms with Gasteiger partial charge in [0, 0.05) is 6.08 Å². The van der Waals surface area contributed by atoms with Gasteiger partial charge >= 0.3 is 5.97 Å². The lowest BCUT2D eigenvalue weighted by Gasteiger charge is -2.33. The molecule has 0 aromatic heterocycles. The largest absolute Gasteiger partial charge is 0.480 e. The molecule has 1 aromatic carbocycles. The predicted molar refractivity (Wildman–Crippen MR) is 81.8 cm³/mol. The molecule has 0 heterocycles. The third-order valence-corrected chi connectivity index (χ3v) is 4.08. The number of amides is 1. The summed E-state index contributed by atoms with van der Waals surface area (Å²) in [5, 5.41) is 12.1. The molecule has 1 aliphatic carbocycles. The molecule has 1 fully saturated rings. The number of nitrogens with one attached hydrogen (secondary N) is 1. The summed E-state index contributed by atoms with van der Waals surface area (Å²) in [5.74, 6) is -1.28. The number of carbonyl (C=O) groups is 2. The van der Waals surface area contributed by atoms with Crippen molar-refractivity contribution in [3.8, 4) is 0 Å². The maximum atomic E-state index is 12.0. The van der Waals surface area contributed by atoms with Crippen LogP contribution in [-0.2, 0) is 9.59 Å². The van der Waals surface area contributed by atoms with E-state index in [9.17, 15) is 14.7 Å². The highest BCUT2D eigenvalue weighted by molar-refractivity contribution is 5.96. The van der Waals surface area contributed by atoms with Crippen LogP contribution in [0, 0.1) is 6.92 Å². The summed E-state index contributed by atoms with van der Waals surface area (Å²) in [6.45, 7) is 1.97. The third-order valence-electron chi connectivity index (χ3n) is 4.08. The molecule has 1 saturated carbocycles. The van der Waals surface area contributed by atoms with Gasteiger partial charge in [0.1, 0.15) is 5.54 Å². The van der Waals surface area contributed by atoms with E-state index in [0.29, 0.717) is 12.8 Å². The Morgan fingerprint density at radius 2 is 1.86 bits per heavy atom. The van der Waals surface area contributed by atoms with Gasteiger partial charge in [-0.05, 0) is 37.0 Å². The summed E-state index contributed by atoms with van der Waals surface area (Å²) in [7, 11) is 0. The topological polar surface area (TPSA) is 66.4 Å². The number of carboxylic acid groups (broad SMARTS) is 1. The van der Waals surface area contributed by atoms with Gasteiger partial charge in [0.2, 0.25) is 5.91 Å². The SMILES string of the molecule is Cc1ccccc1C=CC(=O)NC1(C(=O)O)CCCCC1. The fraction of sp³-hybridized carbons (Fsp3) is 0.412. The molecule has 0 saturated heterocycles. The average molecular weight is 287 g/mol. The first-order valence-electron chi connectivity index (χ1n) is 7.33. The molecule has 112 valence electrons. The number of aryl methyl sites for hydroxylation is 1. The molecule has 0 radical (unpaired) electrons. The van der Waals surface area contributed by atoms with Crippen LogP contribution in [0.15, 0.2) is 30.3 Å². The van der Waals surface area contributed by atoms with Crippen LogP contribution in [0.3, 0.4) is 0 Å². The molecule has 1 aliphatic rings. The first kappa shape index (κ1) is 15.3. The summed E-state index contributed by atoms with van der Waals surface area (Å²) in [6.07, 6.45) is 6.87. The van der Waals surface area contributed by atoms with Crippen LogP contribution in [0.25, 0.3) is 6.08 Å². The van der Waals surface area contributed by atoms with Crippen LogP contribution in [0.2, 0.25) is 0 Å². The minimum absolute atomic E-state index is 0.345. The number of benzene rings is 1. The zero-order valence-electron chi connectivity index (χ0n) is 12.3. The van der Waals surface area contributed by atoms with Crippen molar-refractivity contribution in [3.63, 3.8) is 0 Å². The highest BCUT2D eigenvalue weighted by Crippen LogP contribution is 2.28. The van der Waals surface area contributed by atoms with Gasteiger partial charge in [0.15, 0.2) is 0 Å². The summed E-state index contributed by atoms with van der Waals surface area (Å²) >= 11 is 0. The predicted octanol–water partition coefficient (Wildman–Crippen LogP) is 2.91. The number of hydrogen-bond acceptors (Lipinski definition) is 2. The molecule has 0 bridgehead atoms. The maximum Gasteiger partial charge on any atom is 0.329 e. The highest BCUT2D eigenvalue weighted by Gasteiger charge is 2.40. The normalized spacial score (nSPS) is 17.6. The Labute approximate surface area is 124 Å². The summed E-state index contributed by atoms with van der Waals surface area (Å²) in [6, 6.07) is 7.74. The van der Waals surface area contributed by atoms with Crippen molar-refractivity contribution < 1.29 is 14.7 Å². The molecule has 1 aromatic rings. The van der Waals surface area contributed by atoms with Crippen LogP contribution in [-0.4, -0.2) is 22.5 Å². The van der Waals surface area contributed by atoms with Gasteiger partial charge in [-0.15, -0.1) is 0 Å². The van der Waals surface area contributed by atoms with Gasteiger partial charge in [0.25, 0.3) is 0 Å². The van der Waals surface area contributed by atoms with Gasteiger partial charge in [-0.2, -0.15) is 0 Å². The van der Waals surface area contributed by atoms with Gasteiger partial charge in [-0.3, -0.25) is 4.79 Å². The van der Waals surface area contributed by atoms with Crippen LogP contribution >= 0.6 is 0 Å². The number of rotatable bonds is 4. The lowest BCUT2D eigenvalue weighted by Crippen LogP contribution is -2.55. The first-order valence-corrected chi connectivity index (χ1v) is 7.33. The second kappa shape index (κ2) is 6.57. The molecule has 2 rings (SSSR count). The highest BCUT2D eigenvalue weighted by atomic mass is 16.4. The maximum absolute atomic E-state index is 12.0. The Morgan fingerprint density at radius 1 is 1.19 bits per heavy atom. The van der Waals surface area contributed by atoms with Crippen molar-refractivity contribution in [2.75, 3.05) is 0 Å². The van der Waals surface area contributed by atoms with Crippen molar-refractivity contribution in [2.45, 2.75) is 44.6 Å². The Kier molecular flexibility index (Phi) is 4.78. The van der Waals surface area contributed by atoms with E-state index < -0.39 is 11.5 Å². The summed E-state index contributed by atoms with van der Waals surface area (Å²) in [5.41, 5.74) is 0.943. The minimum Gasteiger partial charge on any atom is -0.480 e. The van der Waals surface area contributed by atoms with Gasteiger partial charge < -0.3 is 10.4 Å². The van der Waals surface area contributed by atoms with E-state index in [-0.39, 0.29) is 5.91 Å². The zero-order chi connectivity index (χ0) is 15.3. The lowest BCUT2D eigenvalue weighted by molar-refractivity contribution is -0.148. The fourth-order valence-electron chi connectivity index (χ4n) is 2.76. The molecule has 21 heavy (non-hydrogen) atoms. The molecule has 0 spiro atoms. The van der Waals surface area contributed by atoms with E-state index in [1.165, 1.54) is 6.08 Å². The van der Waals surface area contributed by atoms with Crippen LogP contribution in [0.4, 0.5) is 0 Å². The molecule has 0 aliphatic heterocycles. The van der Waals surface area contributed by atoms with E-state index in [1.54, 1.807) is 6.08 Å². The second-order valence-electron chi connectivity index (χ2n) is 5.63. The van der Waals surface area contributed by atoms with Gasteiger partial charge in [-0.1, -0.05) is 43.5 Å².